The summed E-state index contributed by atoms with van der Waals surface area (Å²) in [5, 5.41) is 19.1. The molecule has 5 nitrogen and oxygen atoms in total. The van der Waals surface area contributed by atoms with Crippen LogP contribution in [0.15, 0.2) is 22.7 Å². The summed E-state index contributed by atoms with van der Waals surface area (Å²) in [7, 11) is 0. The first-order valence-corrected chi connectivity index (χ1v) is 6.74. The van der Waals surface area contributed by atoms with Gasteiger partial charge in [0.15, 0.2) is 0 Å². The quantitative estimate of drug-likeness (QED) is 0.854. The second-order valence-corrected chi connectivity index (χ2v) is 5.59. The van der Waals surface area contributed by atoms with Crippen LogP contribution >= 0.6 is 27.5 Å². The molecule has 1 aromatic rings. The Kier molecular flexibility index (Phi) is 4.13. The number of halogens is 2. The van der Waals surface area contributed by atoms with Gasteiger partial charge in [0.1, 0.15) is 6.04 Å². The van der Waals surface area contributed by atoms with Gasteiger partial charge in [0, 0.05) is 23.0 Å². The molecule has 1 amide bonds. The number of carboxylic acids is 1. The molecule has 102 valence electrons. The second kappa shape index (κ2) is 5.48. The van der Waals surface area contributed by atoms with Crippen LogP contribution in [0.25, 0.3) is 0 Å². The molecule has 0 aliphatic carbocycles. The summed E-state index contributed by atoms with van der Waals surface area (Å²) in [5.41, 5.74) is 0.330. The average Bonchev–Trinajstić information content (AvgIpc) is 2.74. The van der Waals surface area contributed by atoms with E-state index in [2.05, 4.69) is 15.9 Å². The van der Waals surface area contributed by atoms with Crippen LogP contribution < -0.4 is 0 Å². The fourth-order valence-corrected chi connectivity index (χ4v) is 2.56. The summed E-state index contributed by atoms with van der Waals surface area (Å²) in [5.74, 6) is -1.54. The first-order chi connectivity index (χ1) is 8.90. The monoisotopic (exact) mass is 347 g/mol. The van der Waals surface area contributed by atoms with Crippen molar-refractivity contribution >= 4 is 39.4 Å². The van der Waals surface area contributed by atoms with E-state index in [1.165, 1.54) is 17.0 Å². The molecule has 0 radical (unpaired) electrons. The highest BCUT2D eigenvalue weighted by Gasteiger charge is 2.39. The van der Waals surface area contributed by atoms with Crippen LogP contribution in [-0.4, -0.2) is 45.7 Å². The van der Waals surface area contributed by atoms with Gasteiger partial charge >= 0.3 is 5.97 Å². The smallest absolute Gasteiger partial charge is 0.326 e. The summed E-state index contributed by atoms with van der Waals surface area (Å²) in [6, 6.07) is 3.63. The third-order valence-corrected chi connectivity index (χ3v) is 4.21. The summed E-state index contributed by atoms with van der Waals surface area (Å²) in [6.45, 7) is 0.0239. The van der Waals surface area contributed by atoms with E-state index < -0.39 is 24.0 Å². The number of aliphatic hydroxyl groups is 1. The van der Waals surface area contributed by atoms with Gasteiger partial charge in [-0.3, -0.25) is 4.79 Å². The second-order valence-electron chi connectivity index (χ2n) is 4.33. The Labute approximate surface area is 122 Å². The molecule has 19 heavy (non-hydrogen) atoms. The van der Waals surface area contributed by atoms with E-state index in [0.717, 1.165) is 0 Å². The Balaban J connectivity index is 2.27. The highest BCUT2D eigenvalue weighted by atomic mass is 79.9. The van der Waals surface area contributed by atoms with Crippen molar-refractivity contribution in [2.45, 2.75) is 18.6 Å². The number of hydrogen-bond donors (Lipinski definition) is 2. The van der Waals surface area contributed by atoms with Crippen LogP contribution in [-0.2, 0) is 4.79 Å². The number of aliphatic hydroxyl groups excluding tert-OH is 1. The highest BCUT2D eigenvalue weighted by molar-refractivity contribution is 9.10. The van der Waals surface area contributed by atoms with Gasteiger partial charge < -0.3 is 15.1 Å². The normalized spacial score (nSPS) is 22.6. The molecule has 2 rings (SSSR count). The molecule has 1 heterocycles. The van der Waals surface area contributed by atoms with Gasteiger partial charge in [-0.2, -0.15) is 0 Å². The molecule has 1 aliphatic rings. The molecule has 0 aromatic heterocycles. The largest absolute Gasteiger partial charge is 0.480 e. The van der Waals surface area contributed by atoms with E-state index in [-0.39, 0.29) is 13.0 Å². The number of nitrogens with zero attached hydrogens (tertiary/aromatic N) is 1. The fourth-order valence-electron chi connectivity index (χ4n) is 2.07. The lowest BCUT2D eigenvalue weighted by Crippen LogP contribution is -2.40. The van der Waals surface area contributed by atoms with Crippen LogP contribution in [0.5, 0.6) is 0 Å². The van der Waals surface area contributed by atoms with Crippen LogP contribution in [0, 0.1) is 0 Å². The summed E-state index contributed by atoms with van der Waals surface area (Å²) in [4.78, 5) is 24.5. The van der Waals surface area contributed by atoms with Crippen molar-refractivity contribution in [1.82, 2.24) is 4.90 Å². The minimum absolute atomic E-state index is 0.0239. The first-order valence-electron chi connectivity index (χ1n) is 5.57. The maximum Gasteiger partial charge on any atom is 0.326 e. The van der Waals surface area contributed by atoms with Crippen molar-refractivity contribution < 1.29 is 19.8 Å². The fraction of sp³-hybridized carbons (Fsp3) is 0.333. The lowest BCUT2D eigenvalue weighted by atomic mass is 10.1. The number of aliphatic carboxylic acids is 1. The molecule has 2 unspecified atom stereocenters. The topological polar surface area (TPSA) is 77.8 Å². The molecule has 0 bridgehead atoms. The maximum absolute atomic E-state index is 12.3. The van der Waals surface area contributed by atoms with Crippen LogP contribution in [0.2, 0.25) is 5.02 Å². The van der Waals surface area contributed by atoms with Gasteiger partial charge in [0.25, 0.3) is 5.91 Å². The zero-order valence-corrected chi connectivity index (χ0v) is 12.1. The third kappa shape index (κ3) is 2.91. The van der Waals surface area contributed by atoms with E-state index in [1.54, 1.807) is 6.07 Å². The van der Waals surface area contributed by atoms with Crippen LogP contribution in [0.3, 0.4) is 0 Å². The number of β-amino-alcohol motifs (C(OH)–C–C–N with tert-alkyl or cyclic N) is 1. The lowest BCUT2D eigenvalue weighted by molar-refractivity contribution is -0.141. The lowest BCUT2D eigenvalue weighted by Gasteiger charge is -2.21. The molecule has 0 spiro atoms. The molecular weight excluding hydrogens is 337 g/mol. The van der Waals surface area contributed by atoms with Crippen LogP contribution in [0.1, 0.15) is 16.8 Å². The first kappa shape index (κ1) is 14.3. The van der Waals surface area contributed by atoms with Crippen molar-refractivity contribution in [1.29, 1.82) is 0 Å². The van der Waals surface area contributed by atoms with Crippen LogP contribution in [0.4, 0.5) is 0 Å². The standard InChI is InChI=1S/C12H11BrClNO4/c13-8-3-6(1-2-9(8)14)11(17)15-5-7(16)4-10(15)12(18)19/h1-3,7,10,16H,4-5H2,(H,18,19). The zero-order valence-electron chi connectivity index (χ0n) is 9.72. The van der Waals surface area contributed by atoms with Gasteiger partial charge in [0.05, 0.1) is 11.1 Å². The molecule has 2 N–H and O–H groups in total. The van der Waals surface area contributed by atoms with Crippen molar-refractivity contribution in [3.63, 3.8) is 0 Å². The van der Waals surface area contributed by atoms with Gasteiger partial charge in [-0.1, -0.05) is 11.6 Å². The summed E-state index contributed by atoms with van der Waals surface area (Å²) < 4.78 is 0.562. The molecule has 7 heteroatoms. The van der Waals surface area contributed by atoms with Gasteiger partial charge in [0.2, 0.25) is 0 Å². The number of hydrogen-bond acceptors (Lipinski definition) is 3. The van der Waals surface area contributed by atoms with E-state index in [1.807, 2.05) is 0 Å². The predicted molar refractivity (Wildman–Crippen MR) is 72.2 cm³/mol. The van der Waals surface area contributed by atoms with Gasteiger partial charge in [-0.15, -0.1) is 0 Å². The maximum atomic E-state index is 12.3. The Morgan fingerprint density at radius 1 is 1.42 bits per heavy atom. The van der Waals surface area contributed by atoms with Crippen molar-refractivity contribution in [3.05, 3.63) is 33.3 Å². The number of carbonyl (C=O) groups excluding carboxylic acids is 1. The SMILES string of the molecule is O=C(O)C1CC(O)CN1C(=O)c1ccc(Cl)c(Br)c1. The third-order valence-electron chi connectivity index (χ3n) is 2.99. The number of amides is 1. The van der Waals surface area contributed by atoms with E-state index in [0.29, 0.717) is 15.1 Å². The molecular formula is C12H11BrClNO4. The summed E-state index contributed by atoms with van der Waals surface area (Å²) >= 11 is 9.05. The minimum atomic E-state index is -1.11. The Morgan fingerprint density at radius 2 is 2.11 bits per heavy atom. The predicted octanol–water partition coefficient (Wildman–Crippen LogP) is 1.76. The van der Waals surface area contributed by atoms with E-state index in [9.17, 15) is 14.7 Å². The van der Waals surface area contributed by atoms with Crippen molar-refractivity contribution in [2.75, 3.05) is 6.54 Å². The highest BCUT2D eigenvalue weighted by Crippen LogP contribution is 2.26. The number of benzene rings is 1. The molecule has 1 aromatic carbocycles. The number of likely N-dealkylation sites (tertiary alicyclic amines) is 1. The molecule has 1 fully saturated rings. The number of carbonyl (C=O) groups is 2. The minimum Gasteiger partial charge on any atom is -0.480 e. The molecule has 1 saturated heterocycles. The average molecular weight is 349 g/mol. The molecule has 0 saturated carbocycles. The van der Waals surface area contributed by atoms with Crippen molar-refractivity contribution in [3.8, 4) is 0 Å². The Morgan fingerprint density at radius 3 is 2.68 bits per heavy atom. The van der Waals surface area contributed by atoms with E-state index in [4.69, 9.17) is 16.7 Å². The van der Waals surface area contributed by atoms with E-state index >= 15 is 0 Å². The zero-order chi connectivity index (χ0) is 14.2. The molecule has 1 aliphatic heterocycles. The number of rotatable bonds is 2. The molecule has 2 atom stereocenters. The van der Waals surface area contributed by atoms with Crippen molar-refractivity contribution in [2.24, 2.45) is 0 Å². The van der Waals surface area contributed by atoms with Gasteiger partial charge in [-0.25, -0.2) is 4.79 Å². The Hall–Kier alpha value is -1.11. The Bertz CT molecular complexity index is 536. The summed E-state index contributed by atoms with van der Waals surface area (Å²) in [6.07, 6.45) is -0.753. The van der Waals surface area contributed by atoms with Gasteiger partial charge in [-0.05, 0) is 34.1 Å². The number of carboxylic acid groups (broad SMARTS) is 1.